The van der Waals surface area contributed by atoms with Crippen LogP contribution < -0.4 is 4.74 Å². The van der Waals surface area contributed by atoms with Crippen molar-refractivity contribution in [1.82, 2.24) is 0 Å². The Kier molecular flexibility index (Phi) is 3.76. The summed E-state index contributed by atoms with van der Waals surface area (Å²) in [6.07, 6.45) is -4.54. The number of carboxylic acid groups (broad SMARTS) is 1. The maximum atomic E-state index is 11.8. The Labute approximate surface area is 89.5 Å². The molecule has 0 unspecified atom stereocenters. The van der Waals surface area contributed by atoms with Gasteiger partial charge >= 0.3 is 12.1 Å². The summed E-state index contributed by atoms with van der Waals surface area (Å²) in [7, 11) is 0. The number of benzene rings is 1. The van der Waals surface area contributed by atoms with Crippen LogP contribution in [0, 0.1) is 0 Å². The first-order valence-electron chi connectivity index (χ1n) is 4.37. The van der Waals surface area contributed by atoms with E-state index >= 15 is 0 Å². The lowest BCUT2D eigenvalue weighted by molar-refractivity contribution is -0.153. The van der Waals surface area contributed by atoms with Crippen LogP contribution in [-0.2, 0) is 11.2 Å². The Bertz CT molecular complexity index is 357. The van der Waals surface area contributed by atoms with Gasteiger partial charge in [-0.1, -0.05) is 12.1 Å². The van der Waals surface area contributed by atoms with Gasteiger partial charge in [0.15, 0.2) is 6.61 Å². The number of hydrogen-bond acceptors (Lipinski definition) is 2. The molecule has 0 amide bonds. The van der Waals surface area contributed by atoms with Crippen molar-refractivity contribution in [2.45, 2.75) is 12.6 Å². The van der Waals surface area contributed by atoms with E-state index in [2.05, 4.69) is 4.74 Å². The van der Waals surface area contributed by atoms with Gasteiger partial charge in [0, 0.05) is 0 Å². The Morgan fingerprint density at radius 3 is 2.25 bits per heavy atom. The van der Waals surface area contributed by atoms with Gasteiger partial charge in [-0.05, 0) is 17.7 Å². The fourth-order valence-corrected chi connectivity index (χ4v) is 1.04. The van der Waals surface area contributed by atoms with E-state index in [-0.39, 0.29) is 12.2 Å². The maximum absolute atomic E-state index is 11.8. The Balaban J connectivity index is 2.55. The molecular weight excluding hydrogens is 225 g/mol. The highest BCUT2D eigenvalue weighted by Gasteiger charge is 2.28. The predicted octanol–water partition coefficient (Wildman–Crippen LogP) is 2.25. The normalized spacial score (nSPS) is 11.2. The molecule has 0 radical (unpaired) electrons. The number of aliphatic carboxylic acids is 1. The van der Waals surface area contributed by atoms with Gasteiger partial charge in [-0.2, -0.15) is 13.2 Å². The molecule has 1 aromatic rings. The average molecular weight is 234 g/mol. The number of carbonyl (C=O) groups is 1. The van der Waals surface area contributed by atoms with Crippen molar-refractivity contribution >= 4 is 5.97 Å². The minimum Gasteiger partial charge on any atom is -0.484 e. The number of rotatable bonds is 4. The van der Waals surface area contributed by atoms with Crippen LogP contribution in [0.5, 0.6) is 5.75 Å². The van der Waals surface area contributed by atoms with Gasteiger partial charge in [-0.15, -0.1) is 0 Å². The van der Waals surface area contributed by atoms with Gasteiger partial charge in [-0.25, -0.2) is 0 Å². The largest absolute Gasteiger partial charge is 0.484 e. The summed E-state index contributed by atoms with van der Waals surface area (Å²) in [5.74, 6) is -0.935. The monoisotopic (exact) mass is 234 g/mol. The second-order valence-electron chi connectivity index (χ2n) is 3.12. The fraction of sp³-hybridized carbons (Fsp3) is 0.300. The highest BCUT2D eigenvalue weighted by molar-refractivity contribution is 5.70. The van der Waals surface area contributed by atoms with Gasteiger partial charge in [0.05, 0.1) is 6.42 Å². The number of carboxylic acids is 1. The third-order valence-corrected chi connectivity index (χ3v) is 1.68. The van der Waals surface area contributed by atoms with E-state index in [9.17, 15) is 18.0 Å². The molecule has 0 heterocycles. The average Bonchev–Trinajstić information content (AvgIpc) is 2.14. The molecule has 0 aliphatic carbocycles. The molecule has 0 saturated carbocycles. The van der Waals surface area contributed by atoms with Crippen LogP contribution in [0.15, 0.2) is 24.3 Å². The summed E-state index contributed by atoms with van der Waals surface area (Å²) in [4.78, 5) is 10.3. The van der Waals surface area contributed by atoms with E-state index in [1.54, 1.807) is 0 Å². The van der Waals surface area contributed by atoms with E-state index < -0.39 is 18.8 Å². The number of halogens is 3. The van der Waals surface area contributed by atoms with E-state index in [4.69, 9.17) is 5.11 Å². The van der Waals surface area contributed by atoms with Crippen molar-refractivity contribution in [2.75, 3.05) is 6.61 Å². The minimum atomic E-state index is -4.38. The van der Waals surface area contributed by atoms with Gasteiger partial charge < -0.3 is 9.84 Å². The Morgan fingerprint density at radius 2 is 1.81 bits per heavy atom. The summed E-state index contributed by atoms with van der Waals surface area (Å²) in [5, 5.41) is 8.47. The molecule has 16 heavy (non-hydrogen) atoms. The first-order chi connectivity index (χ1) is 7.37. The molecule has 1 aromatic carbocycles. The van der Waals surface area contributed by atoms with Crippen molar-refractivity contribution in [3.05, 3.63) is 29.8 Å². The lowest BCUT2D eigenvalue weighted by Crippen LogP contribution is -2.19. The number of ether oxygens (including phenoxy) is 1. The van der Waals surface area contributed by atoms with E-state index in [1.807, 2.05) is 0 Å². The Morgan fingerprint density at radius 1 is 1.25 bits per heavy atom. The van der Waals surface area contributed by atoms with Crippen LogP contribution >= 0.6 is 0 Å². The van der Waals surface area contributed by atoms with Crippen LogP contribution in [0.2, 0.25) is 0 Å². The molecule has 0 aromatic heterocycles. The third-order valence-electron chi connectivity index (χ3n) is 1.68. The molecule has 1 N–H and O–H groups in total. The van der Waals surface area contributed by atoms with Crippen LogP contribution in [0.1, 0.15) is 5.56 Å². The van der Waals surface area contributed by atoms with Crippen LogP contribution in [0.3, 0.4) is 0 Å². The zero-order chi connectivity index (χ0) is 12.2. The minimum absolute atomic E-state index is 0.0615. The molecule has 88 valence electrons. The van der Waals surface area contributed by atoms with Crippen molar-refractivity contribution in [3.8, 4) is 5.75 Å². The van der Waals surface area contributed by atoms with Gasteiger partial charge in [0.1, 0.15) is 5.75 Å². The highest BCUT2D eigenvalue weighted by atomic mass is 19.4. The zero-order valence-electron chi connectivity index (χ0n) is 8.12. The molecule has 0 spiro atoms. The molecule has 1 rings (SSSR count). The van der Waals surface area contributed by atoms with Crippen molar-refractivity contribution in [2.24, 2.45) is 0 Å². The lowest BCUT2D eigenvalue weighted by Gasteiger charge is -2.09. The first-order valence-corrected chi connectivity index (χ1v) is 4.37. The van der Waals surface area contributed by atoms with Crippen molar-refractivity contribution in [1.29, 1.82) is 0 Å². The molecule has 6 heteroatoms. The zero-order valence-corrected chi connectivity index (χ0v) is 8.12. The smallest absolute Gasteiger partial charge is 0.422 e. The highest BCUT2D eigenvalue weighted by Crippen LogP contribution is 2.18. The molecule has 0 fully saturated rings. The second-order valence-corrected chi connectivity index (χ2v) is 3.12. The maximum Gasteiger partial charge on any atom is 0.422 e. The van der Waals surface area contributed by atoms with E-state index in [0.717, 1.165) is 0 Å². The Hall–Kier alpha value is -1.72. The molecule has 0 saturated heterocycles. The fourth-order valence-electron chi connectivity index (χ4n) is 1.04. The second kappa shape index (κ2) is 4.87. The standard InChI is InChI=1S/C10H9F3O3/c11-10(12,13)6-16-8-3-1-7(2-4-8)5-9(14)15/h1-4H,5-6H2,(H,14,15). The van der Waals surface area contributed by atoms with E-state index in [0.29, 0.717) is 5.56 Å². The molecular formula is C10H9F3O3. The van der Waals surface area contributed by atoms with Gasteiger partial charge in [0.25, 0.3) is 0 Å². The number of hydrogen-bond donors (Lipinski definition) is 1. The van der Waals surface area contributed by atoms with Crippen molar-refractivity contribution in [3.63, 3.8) is 0 Å². The summed E-state index contributed by atoms with van der Waals surface area (Å²) < 4.78 is 39.8. The topological polar surface area (TPSA) is 46.5 Å². The summed E-state index contributed by atoms with van der Waals surface area (Å²) in [6.45, 7) is -1.36. The molecule has 0 aliphatic heterocycles. The van der Waals surface area contributed by atoms with Crippen LogP contribution in [-0.4, -0.2) is 23.9 Å². The summed E-state index contributed by atoms with van der Waals surface area (Å²) >= 11 is 0. The SMILES string of the molecule is O=C(O)Cc1ccc(OCC(F)(F)F)cc1. The third kappa shape index (κ3) is 4.68. The quantitative estimate of drug-likeness (QED) is 0.869. The lowest BCUT2D eigenvalue weighted by atomic mass is 10.1. The molecule has 0 atom stereocenters. The first kappa shape index (κ1) is 12.4. The van der Waals surface area contributed by atoms with Crippen LogP contribution in [0.25, 0.3) is 0 Å². The van der Waals surface area contributed by atoms with Crippen LogP contribution in [0.4, 0.5) is 13.2 Å². The summed E-state index contributed by atoms with van der Waals surface area (Å²) in [6, 6.07) is 5.45. The molecule has 0 bridgehead atoms. The van der Waals surface area contributed by atoms with Gasteiger partial charge in [-0.3, -0.25) is 4.79 Å². The summed E-state index contributed by atoms with van der Waals surface area (Å²) in [5.41, 5.74) is 0.506. The molecule has 0 aliphatic rings. The number of alkyl halides is 3. The molecule has 3 nitrogen and oxygen atoms in total. The van der Waals surface area contributed by atoms with Gasteiger partial charge in [0.2, 0.25) is 0 Å². The van der Waals surface area contributed by atoms with E-state index in [1.165, 1.54) is 24.3 Å². The van der Waals surface area contributed by atoms with Crippen molar-refractivity contribution < 1.29 is 27.8 Å². The predicted molar refractivity (Wildman–Crippen MR) is 49.3 cm³/mol.